The summed E-state index contributed by atoms with van der Waals surface area (Å²) in [7, 11) is 4.06. The number of ketones is 2. The molecule has 156 valence electrons. The van der Waals surface area contributed by atoms with E-state index in [0.717, 1.165) is 6.42 Å². The van der Waals surface area contributed by atoms with Gasteiger partial charge >= 0.3 is 0 Å². The molecule has 1 N–H and O–H groups in total. The third-order valence-electron chi connectivity index (χ3n) is 7.24. The van der Waals surface area contributed by atoms with Gasteiger partial charge in [0, 0.05) is 23.6 Å². The van der Waals surface area contributed by atoms with Crippen molar-refractivity contribution in [2.24, 2.45) is 0 Å². The van der Waals surface area contributed by atoms with Gasteiger partial charge < -0.3 is 24.2 Å². The Morgan fingerprint density at radius 2 is 1.90 bits per heavy atom. The number of phenols is 1. The Morgan fingerprint density at radius 1 is 1.14 bits per heavy atom. The molecule has 6 unspecified atom stereocenters. The highest BCUT2D eigenvalue weighted by atomic mass is 16.7. The molecule has 0 radical (unpaired) electrons. The highest BCUT2D eigenvalue weighted by Crippen LogP contribution is 2.63. The maximum atomic E-state index is 13.5. The Kier molecular flexibility index (Phi) is 4.04. The summed E-state index contributed by atoms with van der Waals surface area (Å²) in [5.74, 6) is -0.742. The molecule has 5 rings (SSSR count). The van der Waals surface area contributed by atoms with Crippen molar-refractivity contribution < 1.29 is 28.9 Å². The van der Waals surface area contributed by atoms with Crippen LogP contribution in [-0.4, -0.2) is 71.7 Å². The van der Waals surface area contributed by atoms with Gasteiger partial charge in [0.2, 0.25) is 5.78 Å². The molecule has 0 spiro atoms. The van der Waals surface area contributed by atoms with Crippen molar-refractivity contribution in [3.05, 3.63) is 28.8 Å². The van der Waals surface area contributed by atoms with Crippen molar-refractivity contribution in [1.29, 1.82) is 0 Å². The van der Waals surface area contributed by atoms with E-state index >= 15 is 0 Å². The lowest BCUT2D eigenvalue weighted by molar-refractivity contribution is -0.0698. The van der Waals surface area contributed by atoms with E-state index in [0.29, 0.717) is 31.1 Å². The number of fused-ring (bicyclic) bond motifs is 1. The van der Waals surface area contributed by atoms with Gasteiger partial charge in [0.25, 0.3) is 0 Å². The zero-order chi connectivity index (χ0) is 20.7. The van der Waals surface area contributed by atoms with E-state index in [1.165, 1.54) is 0 Å². The van der Waals surface area contributed by atoms with E-state index in [1.807, 2.05) is 21.0 Å². The Balaban J connectivity index is 1.58. The molecule has 0 aromatic heterocycles. The summed E-state index contributed by atoms with van der Waals surface area (Å²) in [6.45, 7) is 4.14. The van der Waals surface area contributed by atoms with Gasteiger partial charge in [-0.05, 0) is 46.9 Å². The number of ether oxygens (including phenoxy) is 3. The van der Waals surface area contributed by atoms with Crippen LogP contribution in [0.15, 0.2) is 12.1 Å². The highest BCUT2D eigenvalue weighted by Gasteiger charge is 2.84. The van der Waals surface area contributed by atoms with Crippen molar-refractivity contribution >= 4 is 11.6 Å². The molecule has 3 fully saturated rings. The number of hydrogen-bond acceptors (Lipinski definition) is 7. The minimum Gasteiger partial charge on any atom is -0.507 e. The van der Waals surface area contributed by atoms with Crippen LogP contribution in [0.1, 0.15) is 65.5 Å². The average Bonchev–Trinajstić information content (AvgIpc) is 3.39. The van der Waals surface area contributed by atoms with Gasteiger partial charge in [-0.3, -0.25) is 9.59 Å². The molecular weight excluding hydrogens is 374 g/mol. The number of carbonyl (C=O) groups excluding carboxylic acids is 2. The molecule has 1 aliphatic carbocycles. The third-order valence-corrected chi connectivity index (χ3v) is 7.24. The van der Waals surface area contributed by atoms with Gasteiger partial charge in [0.1, 0.15) is 5.75 Å². The van der Waals surface area contributed by atoms with Crippen LogP contribution in [0.5, 0.6) is 5.75 Å². The minimum atomic E-state index is -1.31. The fourth-order valence-corrected chi connectivity index (χ4v) is 5.57. The average molecular weight is 401 g/mol. The van der Waals surface area contributed by atoms with Crippen LogP contribution in [0.4, 0.5) is 0 Å². The maximum Gasteiger partial charge on any atom is 0.205 e. The maximum absolute atomic E-state index is 13.5. The molecule has 1 aromatic carbocycles. The Morgan fingerprint density at radius 3 is 2.62 bits per heavy atom. The van der Waals surface area contributed by atoms with Crippen molar-refractivity contribution in [3.8, 4) is 5.75 Å². The number of rotatable bonds is 2. The zero-order valence-corrected chi connectivity index (χ0v) is 17.2. The van der Waals surface area contributed by atoms with Crippen molar-refractivity contribution in [2.75, 3.05) is 20.7 Å². The number of nitrogens with zero attached hydrogens (tertiary/aromatic N) is 1. The number of epoxide rings is 1. The predicted molar refractivity (Wildman–Crippen MR) is 103 cm³/mol. The van der Waals surface area contributed by atoms with Gasteiger partial charge in [-0.1, -0.05) is 6.07 Å². The second-order valence-electron chi connectivity index (χ2n) is 9.04. The molecule has 3 saturated heterocycles. The molecule has 7 nitrogen and oxygen atoms in total. The molecule has 7 heteroatoms. The summed E-state index contributed by atoms with van der Waals surface area (Å²) >= 11 is 0. The zero-order valence-electron chi connectivity index (χ0n) is 17.2. The number of hydrogen-bond donors (Lipinski definition) is 1. The second-order valence-corrected chi connectivity index (χ2v) is 9.04. The van der Waals surface area contributed by atoms with E-state index in [1.54, 1.807) is 19.1 Å². The van der Waals surface area contributed by atoms with Crippen LogP contribution in [0.25, 0.3) is 0 Å². The lowest BCUT2D eigenvalue weighted by Gasteiger charge is -2.38. The molecule has 6 atom stereocenters. The minimum absolute atomic E-state index is 0.0266. The summed E-state index contributed by atoms with van der Waals surface area (Å²) in [5.41, 5.74) is -1.59. The van der Waals surface area contributed by atoms with Crippen LogP contribution in [-0.2, 0) is 14.2 Å². The van der Waals surface area contributed by atoms with Crippen LogP contribution in [0, 0.1) is 0 Å². The van der Waals surface area contributed by atoms with Gasteiger partial charge in [-0.2, -0.15) is 0 Å². The first-order valence-corrected chi connectivity index (χ1v) is 10.3. The fraction of sp³-hybridized carbons (Fsp3) is 0.636. The summed E-state index contributed by atoms with van der Waals surface area (Å²) < 4.78 is 17.6. The number of phenolic OH excluding ortho intramolecular Hbond substituents is 1. The smallest absolute Gasteiger partial charge is 0.205 e. The summed E-state index contributed by atoms with van der Waals surface area (Å²) in [6, 6.07) is 3.68. The number of aromatic hydroxyl groups is 1. The number of Topliss-reactive ketones (excluding diaryl/α,β-unsaturated/α-hetero) is 2. The summed E-state index contributed by atoms with van der Waals surface area (Å²) in [5, 5.41) is 11.1. The van der Waals surface area contributed by atoms with Crippen LogP contribution in [0.2, 0.25) is 0 Å². The first-order valence-electron chi connectivity index (χ1n) is 10.3. The van der Waals surface area contributed by atoms with Crippen LogP contribution >= 0.6 is 0 Å². The van der Waals surface area contributed by atoms with Crippen LogP contribution < -0.4 is 0 Å². The quantitative estimate of drug-likeness (QED) is 0.761. The van der Waals surface area contributed by atoms with Crippen LogP contribution in [0.3, 0.4) is 0 Å². The summed E-state index contributed by atoms with van der Waals surface area (Å²) in [4.78, 5) is 28.9. The molecule has 4 aliphatic rings. The van der Waals surface area contributed by atoms with E-state index < -0.39 is 17.3 Å². The van der Waals surface area contributed by atoms with Crippen molar-refractivity contribution in [3.63, 3.8) is 0 Å². The number of carbonyl (C=O) groups is 2. The molecule has 1 aromatic rings. The van der Waals surface area contributed by atoms with E-state index in [4.69, 9.17) is 14.2 Å². The molecular formula is C22H27NO6. The van der Waals surface area contributed by atoms with Gasteiger partial charge in [-0.25, -0.2) is 0 Å². The molecule has 3 aliphatic heterocycles. The molecule has 29 heavy (non-hydrogen) atoms. The van der Waals surface area contributed by atoms with E-state index in [2.05, 4.69) is 4.90 Å². The summed E-state index contributed by atoms with van der Waals surface area (Å²) in [6.07, 6.45) is 1.12. The van der Waals surface area contributed by atoms with E-state index in [-0.39, 0.29) is 40.7 Å². The topological polar surface area (TPSA) is 88.6 Å². The largest absolute Gasteiger partial charge is 0.507 e. The Labute approximate surface area is 169 Å². The normalized spacial score (nSPS) is 41.0. The van der Waals surface area contributed by atoms with Gasteiger partial charge in [0.05, 0.1) is 30.5 Å². The Hall–Kier alpha value is -1.80. The SMILES string of the molecule is CC1CC(N(C)C)CC(c2ccc3c(c2O)C(=O)C24OC2(CCOC4C)C3=O)O1. The first-order chi connectivity index (χ1) is 13.7. The predicted octanol–water partition coefficient (Wildman–Crippen LogP) is 2.26. The third kappa shape index (κ3) is 2.33. The molecule has 3 heterocycles. The van der Waals surface area contributed by atoms with Crippen molar-refractivity contribution in [2.45, 2.75) is 68.7 Å². The first kappa shape index (κ1) is 19.2. The Bertz CT molecular complexity index is 913. The highest BCUT2D eigenvalue weighted by molar-refractivity contribution is 6.26. The van der Waals surface area contributed by atoms with Gasteiger partial charge in [0.15, 0.2) is 17.0 Å². The lowest BCUT2D eigenvalue weighted by atomic mass is 9.69. The fourth-order valence-electron chi connectivity index (χ4n) is 5.57. The standard InChI is InChI=1S/C22H27NO6/c1-11-9-13(23(3)4)10-16(28-11)14-5-6-15-17(18(14)24)20(26)22-12(2)27-8-7-21(22,29-22)19(15)25/h5-6,11-13,16,24H,7-10H2,1-4H3. The molecule has 0 bridgehead atoms. The lowest BCUT2D eigenvalue weighted by Crippen LogP contribution is -2.55. The molecule has 0 amide bonds. The van der Waals surface area contributed by atoms with E-state index in [9.17, 15) is 14.7 Å². The second kappa shape index (κ2) is 6.11. The monoisotopic (exact) mass is 401 g/mol. The van der Waals surface area contributed by atoms with Gasteiger partial charge in [-0.15, -0.1) is 0 Å². The van der Waals surface area contributed by atoms with Crippen molar-refractivity contribution in [1.82, 2.24) is 4.90 Å². The number of benzene rings is 1. The molecule has 0 saturated carbocycles.